The molecular formula is C17H9F4INO6-. The van der Waals surface area contributed by atoms with Crippen molar-refractivity contribution in [1.82, 2.24) is 0 Å². The molecular weight excluding hydrogens is 517 g/mol. The number of halogens is 5. The number of carboxylic acid groups (broad SMARTS) is 1. The molecule has 2 aromatic carbocycles. The fourth-order valence-corrected chi connectivity index (χ4v) is 2.32. The van der Waals surface area contributed by atoms with Gasteiger partial charge >= 0.3 is 12.1 Å². The van der Waals surface area contributed by atoms with Crippen molar-refractivity contribution in [1.29, 1.82) is 0 Å². The number of aromatic carboxylic acids is 1. The monoisotopic (exact) mass is 526 g/mol. The molecule has 0 aliphatic heterocycles. The van der Waals surface area contributed by atoms with Crippen molar-refractivity contribution in [3.05, 3.63) is 56.7 Å². The zero-order valence-corrected chi connectivity index (χ0v) is 16.2. The lowest BCUT2D eigenvalue weighted by molar-refractivity contribution is -0.255. The predicted octanol–water partition coefficient (Wildman–Crippen LogP) is 2.76. The zero-order valence-electron chi connectivity index (χ0n) is 14.1. The summed E-state index contributed by atoms with van der Waals surface area (Å²) in [6, 6.07) is 6.59. The number of carbonyl (C=O) groups excluding carboxylic acids is 3. The minimum atomic E-state index is -2.50. The summed E-state index contributed by atoms with van der Waals surface area (Å²) in [4.78, 5) is 33.7. The maximum atomic E-state index is 13.7. The Hall–Kier alpha value is -2.90. The molecule has 2 rings (SSSR count). The van der Waals surface area contributed by atoms with Crippen LogP contribution in [0.1, 0.15) is 16.8 Å². The van der Waals surface area contributed by atoms with Crippen LogP contribution in [0.25, 0.3) is 0 Å². The molecule has 1 amide bonds. The standard InChI is InChI=1S/C17H10F4INO6/c18-11-10(16(25)26)12(19)14(21)15(13(11)20)29-9(24)5-6-28-17(27)23-8-3-1-7(22)2-4-8/h1-4H,5-6H2,(H,23,27)(H,25,26)/p-1. The van der Waals surface area contributed by atoms with Crippen LogP contribution in [0.5, 0.6) is 5.75 Å². The van der Waals surface area contributed by atoms with Crippen molar-refractivity contribution in [2.24, 2.45) is 0 Å². The van der Waals surface area contributed by atoms with Crippen LogP contribution in [0.4, 0.5) is 28.0 Å². The normalized spacial score (nSPS) is 10.4. The average Bonchev–Trinajstić information content (AvgIpc) is 2.65. The van der Waals surface area contributed by atoms with Crippen molar-refractivity contribution in [3.63, 3.8) is 0 Å². The molecule has 0 heterocycles. The number of anilines is 1. The Balaban J connectivity index is 1.95. The minimum absolute atomic E-state index is 0.404. The number of amides is 1. The number of nitrogens with one attached hydrogen (secondary N) is 1. The van der Waals surface area contributed by atoms with E-state index in [4.69, 9.17) is 0 Å². The number of ether oxygens (including phenoxy) is 2. The first-order chi connectivity index (χ1) is 13.6. The number of rotatable bonds is 6. The van der Waals surface area contributed by atoms with Crippen LogP contribution in [0.3, 0.4) is 0 Å². The van der Waals surface area contributed by atoms with Crippen LogP contribution in [-0.2, 0) is 9.53 Å². The van der Waals surface area contributed by atoms with Gasteiger partial charge in [-0.2, -0.15) is 8.78 Å². The zero-order chi connectivity index (χ0) is 21.7. The molecule has 154 valence electrons. The summed E-state index contributed by atoms with van der Waals surface area (Å²) in [7, 11) is 0. The van der Waals surface area contributed by atoms with Crippen molar-refractivity contribution in [3.8, 4) is 5.75 Å². The lowest BCUT2D eigenvalue weighted by Crippen LogP contribution is -2.27. The van der Waals surface area contributed by atoms with Gasteiger partial charge in [-0.25, -0.2) is 13.6 Å². The highest BCUT2D eigenvalue weighted by Crippen LogP contribution is 2.30. The van der Waals surface area contributed by atoms with Gasteiger partial charge in [0.1, 0.15) is 6.61 Å². The topological polar surface area (TPSA) is 105 Å². The lowest BCUT2D eigenvalue weighted by atomic mass is 10.1. The SMILES string of the molecule is O=C(CCOC(=O)Nc1ccc(I)cc1)Oc1c(F)c(F)c(C(=O)[O-])c(F)c1F. The Morgan fingerprint density at radius 1 is 0.966 bits per heavy atom. The molecule has 0 radical (unpaired) electrons. The number of carboxylic acids is 1. The van der Waals surface area contributed by atoms with E-state index in [2.05, 4.69) is 37.4 Å². The summed E-state index contributed by atoms with van der Waals surface area (Å²) in [5.74, 6) is -14.7. The van der Waals surface area contributed by atoms with Crippen molar-refractivity contribution in [2.45, 2.75) is 6.42 Å². The Morgan fingerprint density at radius 2 is 1.52 bits per heavy atom. The van der Waals surface area contributed by atoms with E-state index in [1.54, 1.807) is 24.3 Å². The van der Waals surface area contributed by atoms with E-state index in [1.165, 1.54) is 0 Å². The number of benzene rings is 2. The van der Waals surface area contributed by atoms with Crippen molar-refractivity contribution in [2.75, 3.05) is 11.9 Å². The molecule has 0 bridgehead atoms. The summed E-state index contributed by atoms with van der Waals surface area (Å²) in [6.07, 6.45) is -1.66. The summed E-state index contributed by atoms with van der Waals surface area (Å²) >= 11 is 2.05. The molecule has 0 aliphatic carbocycles. The predicted molar refractivity (Wildman–Crippen MR) is 95.0 cm³/mol. The third-order valence-electron chi connectivity index (χ3n) is 3.27. The highest BCUT2D eigenvalue weighted by atomic mass is 127. The van der Waals surface area contributed by atoms with Crippen LogP contribution in [0, 0.1) is 26.8 Å². The van der Waals surface area contributed by atoms with Crippen LogP contribution >= 0.6 is 22.6 Å². The smallest absolute Gasteiger partial charge is 0.411 e. The maximum absolute atomic E-state index is 13.7. The van der Waals surface area contributed by atoms with E-state index < -0.39 is 65.6 Å². The molecule has 0 saturated heterocycles. The highest BCUT2D eigenvalue weighted by Gasteiger charge is 2.28. The third-order valence-corrected chi connectivity index (χ3v) is 3.99. The second kappa shape index (κ2) is 9.54. The molecule has 1 N–H and O–H groups in total. The molecule has 0 spiro atoms. The van der Waals surface area contributed by atoms with Gasteiger partial charge in [0.2, 0.25) is 17.4 Å². The quantitative estimate of drug-likeness (QED) is 0.204. The minimum Gasteiger partial charge on any atom is -0.545 e. The molecule has 0 atom stereocenters. The maximum Gasteiger partial charge on any atom is 0.411 e. The van der Waals surface area contributed by atoms with Gasteiger partial charge in [-0.15, -0.1) is 0 Å². The van der Waals surface area contributed by atoms with Crippen LogP contribution in [0.2, 0.25) is 0 Å². The summed E-state index contributed by atoms with van der Waals surface area (Å²) in [6.45, 7) is -0.583. The average molecular weight is 526 g/mol. The van der Waals surface area contributed by atoms with Gasteiger partial charge in [0.15, 0.2) is 11.6 Å². The van der Waals surface area contributed by atoms with Gasteiger partial charge in [-0.3, -0.25) is 10.1 Å². The Morgan fingerprint density at radius 3 is 2.03 bits per heavy atom. The first-order valence-corrected chi connectivity index (χ1v) is 8.67. The molecule has 29 heavy (non-hydrogen) atoms. The fourth-order valence-electron chi connectivity index (χ4n) is 1.96. The third kappa shape index (κ3) is 5.56. The lowest BCUT2D eigenvalue weighted by Gasteiger charge is -2.12. The Kier molecular flexibility index (Phi) is 7.36. The van der Waals surface area contributed by atoms with Crippen molar-refractivity contribution >= 4 is 46.3 Å². The summed E-state index contributed by atoms with van der Waals surface area (Å²) in [5, 5.41) is 12.9. The molecule has 0 unspecified atom stereocenters. The molecule has 2 aromatic rings. The van der Waals surface area contributed by atoms with Crippen LogP contribution in [-0.4, -0.2) is 24.6 Å². The highest BCUT2D eigenvalue weighted by molar-refractivity contribution is 14.1. The second-order valence-electron chi connectivity index (χ2n) is 5.24. The Labute approximate surface area is 173 Å². The van der Waals surface area contributed by atoms with Crippen LogP contribution < -0.4 is 15.2 Å². The number of esters is 1. The summed E-state index contributed by atoms with van der Waals surface area (Å²) in [5.41, 5.74) is -1.57. The van der Waals surface area contributed by atoms with E-state index in [-0.39, 0.29) is 0 Å². The molecule has 7 nitrogen and oxygen atoms in total. The van der Waals surface area contributed by atoms with Crippen LogP contribution in [0.15, 0.2) is 24.3 Å². The van der Waals surface area contributed by atoms with E-state index in [9.17, 15) is 37.1 Å². The van der Waals surface area contributed by atoms with E-state index in [1.807, 2.05) is 0 Å². The van der Waals surface area contributed by atoms with E-state index >= 15 is 0 Å². The first kappa shape index (κ1) is 22.4. The largest absolute Gasteiger partial charge is 0.545 e. The number of carbonyl (C=O) groups is 3. The van der Waals surface area contributed by atoms with Crippen molar-refractivity contribution < 1.29 is 46.5 Å². The van der Waals surface area contributed by atoms with Gasteiger partial charge in [-0.05, 0) is 46.9 Å². The molecule has 0 fully saturated rings. The fraction of sp³-hybridized carbons (Fsp3) is 0.118. The molecule has 12 heteroatoms. The van der Waals surface area contributed by atoms with Gasteiger partial charge in [-0.1, -0.05) is 0 Å². The second-order valence-corrected chi connectivity index (χ2v) is 6.49. The number of hydrogen-bond donors (Lipinski definition) is 1. The summed E-state index contributed by atoms with van der Waals surface area (Å²) < 4.78 is 64.2. The first-order valence-electron chi connectivity index (χ1n) is 7.59. The van der Waals surface area contributed by atoms with E-state index in [0.29, 0.717) is 5.69 Å². The van der Waals surface area contributed by atoms with Gasteiger partial charge in [0, 0.05) is 9.26 Å². The van der Waals surface area contributed by atoms with Gasteiger partial charge in [0.25, 0.3) is 0 Å². The molecule has 0 saturated carbocycles. The molecule has 0 aromatic heterocycles. The molecule has 0 aliphatic rings. The van der Waals surface area contributed by atoms with Gasteiger partial charge in [0.05, 0.1) is 18.0 Å². The Bertz CT molecular complexity index is 938. The van der Waals surface area contributed by atoms with Gasteiger partial charge < -0.3 is 19.4 Å². The van der Waals surface area contributed by atoms with E-state index in [0.717, 1.165) is 3.57 Å². The number of hydrogen-bond acceptors (Lipinski definition) is 6.